The SMILES string of the molecule is Cc1oncc1C(=O)c1ccc(Br)cc1. The highest BCUT2D eigenvalue weighted by molar-refractivity contribution is 9.10. The molecule has 0 aliphatic rings. The summed E-state index contributed by atoms with van der Waals surface area (Å²) < 4.78 is 5.80. The summed E-state index contributed by atoms with van der Waals surface area (Å²) in [5.41, 5.74) is 1.14. The molecule has 0 saturated heterocycles. The fourth-order valence-corrected chi connectivity index (χ4v) is 1.54. The Morgan fingerprint density at radius 3 is 2.53 bits per heavy atom. The number of carbonyl (C=O) groups excluding carboxylic acids is 1. The maximum atomic E-state index is 11.9. The molecule has 3 nitrogen and oxygen atoms in total. The number of rotatable bonds is 2. The summed E-state index contributed by atoms with van der Waals surface area (Å²) in [6.45, 7) is 1.72. The van der Waals surface area contributed by atoms with E-state index in [1.165, 1.54) is 6.20 Å². The topological polar surface area (TPSA) is 43.1 Å². The van der Waals surface area contributed by atoms with Crippen LogP contribution >= 0.6 is 15.9 Å². The van der Waals surface area contributed by atoms with E-state index in [-0.39, 0.29) is 5.78 Å². The number of aryl methyl sites for hydroxylation is 1. The van der Waals surface area contributed by atoms with Crippen molar-refractivity contribution in [3.8, 4) is 0 Å². The van der Waals surface area contributed by atoms with Crippen molar-refractivity contribution < 1.29 is 9.32 Å². The van der Waals surface area contributed by atoms with E-state index in [2.05, 4.69) is 21.1 Å². The second kappa shape index (κ2) is 3.98. The molecule has 1 heterocycles. The quantitative estimate of drug-likeness (QED) is 0.785. The minimum Gasteiger partial charge on any atom is -0.361 e. The van der Waals surface area contributed by atoms with Gasteiger partial charge in [0.25, 0.3) is 0 Å². The molecule has 4 heteroatoms. The third kappa shape index (κ3) is 1.99. The van der Waals surface area contributed by atoms with Crippen LogP contribution < -0.4 is 0 Å². The average molecular weight is 266 g/mol. The third-order valence-electron chi connectivity index (χ3n) is 2.10. The first kappa shape index (κ1) is 10.1. The zero-order valence-corrected chi connectivity index (χ0v) is 9.61. The first-order chi connectivity index (χ1) is 7.18. The Kier molecular flexibility index (Phi) is 2.68. The molecule has 0 saturated carbocycles. The maximum Gasteiger partial charge on any atom is 0.198 e. The maximum absolute atomic E-state index is 11.9. The van der Waals surface area contributed by atoms with Crippen molar-refractivity contribution in [3.63, 3.8) is 0 Å². The monoisotopic (exact) mass is 265 g/mol. The van der Waals surface area contributed by atoms with E-state index >= 15 is 0 Å². The first-order valence-electron chi connectivity index (χ1n) is 4.40. The highest BCUT2D eigenvalue weighted by Crippen LogP contribution is 2.16. The first-order valence-corrected chi connectivity index (χ1v) is 5.19. The van der Waals surface area contributed by atoms with Gasteiger partial charge in [-0.3, -0.25) is 4.79 Å². The molecule has 76 valence electrons. The van der Waals surface area contributed by atoms with Crippen LogP contribution in [0.4, 0.5) is 0 Å². The van der Waals surface area contributed by atoms with Crippen LogP contribution in [-0.4, -0.2) is 10.9 Å². The van der Waals surface area contributed by atoms with Crippen LogP contribution in [0.3, 0.4) is 0 Å². The standard InChI is InChI=1S/C11H8BrNO2/c1-7-10(6-13-15-7)11(14)8-2-4-9(12)5-3-8/h2-6H,1H3. The molecule has 0 amide bonds. The number of ketones is 1. The van der Waals surface area contributed by atoms with E-state index < -0.39 is 0 Å². The summed E-state index contributed by atoms with van der Waals surface area (Å²) in [5.74, 6) is 0.476. The Labute approximate surface area is 95.2 Å². The summed E-state index contributed by atoms with van der Waals surface area (Å²) in [6.07, 6.45) is 1.44. The highest BCUT2D eigenvalue weighted by Gasteiger charge is 2.14. The van der Waals surface area contributed by atoms with Crippen molar-refractivity contribution in [2.75, 3.05) is 0 Å². The van der Waals surface area contributed by atoms with Crippen LogP contribution in [-0.2, 0) is 0 Å². The normalized spacial score (nSPS) is 10.3. The van der Waals surface area contributed by atoms with E-state index in [4.69, 9.17) is 4.52 Å². The lowest BCUT2D eigenvalue weighted by molar-refractivity contribution is 0.103. The lowest BCUT2D eigenvalue weighted by atomic mass is 10.1. The van der Waals surface area contributed by atoms with E-state index in [1.807, 2.05) is 12.1 Å². The van der Waals surface area contributed by atoms with Crippen molar-refractivity contribution in [1.82, 2.24) is 5.16 Å². The molecule has 1 aromatic heterocycles. The number of carbonyl (C=O) groups is 1. The second-order valence-corrected chi connectivity index (χ2v) is 4.05. The van der Waals surface area contributed by atoms with Crippen LogP contribution in [0, 0.1) is 6.92 Å². The van der Waals surface area contributed by atoms with Gasteiger partial charge in [-0.25, -0.2) is 0 Å². The lowest BCUT2D eigenvalue weighted by Gasteiger charge is -1.98. The number of halogens is 1. The summed E-state index contributed by atoms with van der Waals surface area (Å²) in [6, 6.07) is 7.18. The average Bonchev–Trinajstić information content (AvgIpc) is 2.65. The molecule has 0 aliphatic heterocycles. The van der Waals surface area contributed by atoms with E-state index in [0.29, 0.717) is 16.9 Å². The predicted octanol–water partition coefficient (Wildman–Crippen LogP) is 2.98. The van der Waals surface area contributed by atoms with Gasteiger partial charge in [-0.2, -0.15) is 0 Å². The minimum atomic E-state index is -0.0683. The van der Waals surface area contributed by atoms with Gasteiger partial charge in [0.05, 0.1) is 11.8 Å². The summed E-state index contributed by atoms with van der Waals surface area (Å²) >= 11 is 3.32. The molecule has 0 N–H and O–H groups in total. The Hall–Kier alpha value is -1.42. The van der Waals surface area contributed by atoms with Crippen LogP contribution in [0.5, 0.6) is 0 Å². The molecule has 0 bridgehead atoms. The van der Waals surface area contributed by atoms with E-state index in [0.717, 1.165) is 4.47 Å². The van der Waals surface area contributed by atoms with Gasteiger partial charge in [0.1, 0.15) is 5.76 Å². The molecule has 0 unspecified atom stereocenters. The van der Waals surface area contributed by atoms with Crippen molar-refractivity contribution in [1.29, 1.82) is 0 Å². The number of benzene rings is 1. The van der Waals surface area contributed by atoms with Crippen molar-refractivity contribution in [3.05, 3.63) is 51.8 Å². The van der Waals surface area contributed by atoms with Crippen molar-refractivity contribution >= 4 is 21.7 Å². The molecule has 2 rings (SSSR count). The van der Waals surface area contributed by atoms with Crippen LogP contribution in [0.2, 0.25) is 0 Å². The lowest BCUT2D eigenvalue weighted by Crippen LogP contribution is -2.00. The third-order valence-corrected chi connectivity index (χ3v) is 2.63. The van der Waals surface area contributed by atoms with Crippen LogP contribution in [0.1, 0.15) is 21.7 Å². The van der Waals surface area contributed by atoms with Gasteiger partial charge in [-0.05, 0) is 31.2 Å². The van der Waals surface area contributed by atoms with Crippen molar-refractivity contribution in [2.24, 2.45) is 0 Å². The summed E-state index contributed by atoms with van der Waals surface area (Å²) in [4.78, 5) is 11.9. The largest absolute Gasteiger partial charge is 0.361 e. The molecule has 15 heavy (non-hydrogen) atoms. The molecular weight excluding hydrogens is 258 g/mol. The summed E-state index contributed by atoms with van der Waals surface area (Å²) in [7, 11) is 0. The highest BCUT2D eigenvalue weighted by atomic mass is 79.9. The van der Waals surface area contributed by atoms with E-state index in [1.54, 1.807) is 19.1 Å². The number of hydrogen-bond donors (Lipinski definition) is 0. The van der Waals surface area contributed by atoms with E-state index in [9.17, 15) is 4.79 Å². The smallest absolute Gasteiger partial charge is 0.198 e. The zero-order valence-electron chi connectivity index (χ0n) is 8.03. The van der Waals surface area contributed by atoms with Crippen molar-refractivity contribution in [2.45, 2.75) is 6.92 Å². The fraction of sp³-hybridized carbons (Fsp3) is 0.0909. The molecule has 0 fully saturated rings. The number of aromatic nitrogens is 1. The van der Waals surface area contributed by atoms with Gasteiger partial charge in [-0.1, -0.05) is 21.1 Å². The Morgan fingerprint density at radius 2 is 2.00 bits per heavy atom. The van der Waals surface area contributed by atoms with Gasteiger partial charge in [0, 0.05) is 10.0 Å². The summed E-state index contributed by atoms with van der Waals surface area (Å²) in [5, 5.41) is 3.58. The molecule has 2 aromatic rings. The number of hydrogen-bond acceptors (Lipinski definition) is 3. The minimum absolute atomic E-state index is 0.0683. The van der Waals surface area contributed by atoms with Gasteiger partial charge in [0.15, 0.2) is 5.78 Å². The zero-order chi connectivity index (χ0) is 10.8. The van der Waals surface area contributed by atoms with Crippen LogP contribution in [0.25, 0.3) is 0 Å². The molecule has 0 radical (unpaired) electrons. The Bertz CT molecular complexity index is 488. The van der Waals surface area contributed by atoms with Crippen LogP contribution in [0.15, 0.2) is 39.5 Å². The molecule has 0 aliphatic carbocycles. The predicted molar refractivity (Wildman–Crippen MR) is 58.8 cm³/mol. The van der Waals surface area contributed by atoms with Gasteiger partial charge in [0.2, 0.25) is 0 Å². The molecule has 0 atom stereocenters. The molecule has 0 spiro atoms. The fourth-order valence-electron chi connectivity index (χ4n) is 1.27. The second-order valence-electron chi connectivity index (χ2n) is 3.13. The Balaban J connectivity index is 2.37. The van der Waals surface area contributed by atoms with Gasteiger partial charge >= 0.3 is 0 Å². The van der Waals surface area contributed by atoms with Gasteiger partial charge in [-0.15, -0.1) is 0 Å². The molecule has 1 aromatic carbocycles. The Morgan fingerprint density at radius 1 is 1.33 bits per heavy atom. The molecular formula is C11H8BrNO2. The number of nitrogens with zero attached hydrogens (tertiary/aromatic N) is 1. The van der Waals surface area contributed by atoms with Gasteiger partial charge < -0.3 is 4.52 Å².